The van der Waals surface area contributed by atoms with Crippen molar-refractivity contribution in [3.05, 3.63) is 89.7 Å². The van der Waals surface area contributed by atoms with Crippen LogP contribution in [0.3, 0.4) is 0 Å². The molecule has 2 amide bonds. The van der Waals surface area contributed by atoms with Gasteiger partial charge in [0, 0.05) is 13.1 Å². The molecule has 0 unspecified atom stereocenters. The molecular formula is C29H34FN3O5S. The zero-order valence-corrected chi connectivity index (χ0v) is 23.4. The molecule has 0 aliphatic heterocycles. The van der Waals surface area contributed by atoms with Crippen LogP contribution in [0.2, 0.25) is 0 Å². The highest BCUT2D eigenvalue weighted by Gasteiger charge is 2.33. The molecule has 0 heterocycles. The molecular weight excluding hydrogens is 521 g/mol. The molecule has 0 spiro atoms. The zero-order chi connectivity index (χ0) is 28.6. The van der Waals surface area contributed by atoms with E-state index in [2.05, 4.69) is 5.32 Å². The predicted molar refractivity (Wildman–Crippen MR) is 148 cm³/mol. The maximum atomic E-state index is 14.9. The number of carbonyl (C=O) groups is 2. The Kier molecular flexibility index (Phi) is 10.1. The fraction of sp³-hybridized carbons (Fsp3) is 0.310. The maximum absolute atomic E-state index is 14.9. The van der Waals surface area contributed by atoms with E-state index in [4.69, 9.17) is 4.74 Å². The molecule has 0 saturated heterocycles. The van der Waals surface area contributed by atoms with Gasteiger partial charge in [0.2, 0.25) is 11.8 Å². The van der Waals surface area contributed by atoms with Crippen molar-refractivity contribution in [1.82, 2.24) is 10.2 Å². The van der Waals surface area contributed by atoms with Crippen LogP contribution in [-0.4, -0.2) is 51.4 Å². The summed E-state index contributed by atoms with van der Waals surface area (Å²) in [6, 6.07) is 17.5. The Morgan fingerprint density at radius 1 is 1.00 bits per heavy atom. The molecule has 1 N–H and O–H groups in total. The summed E-state index contributed by atoms with van der Waals surface area (Å²) in [4.78, 5) is 27.9. The third-order valence-electron chi connectivity index (χ3n) is 6.24. The molecule has 3 aromatic carbocycles. The lowest BCUT2D eigenvalue weighted by atomic mass is 10.1. The minimum atomic E-state index is -4.34. The van der Waals surface area contributed by atoms with Crippen molar-refractivity contribution in [3.8, 4) is 5.75 Å². The van der Waals surface area contributed by atoms with Crippen molar-refractivity contribution in [2.24, 2.45) is 0 Å². The summed E-state index contributed by atoms with van der Waals surface area (Å²) in [5.74, 6) is -1.21. The van der Waals surface area contributed by atoms with Crippen LogP contribution in [0, 0.1) is 12.7 Å². The van der Waals surface area contributed by atoms with E-state index in [0.29, 0.717) is 24.3 Å². The number of hydrogen-bond acceptors (Lipinski definition) is 5. The fourth-order valence-electron chi connectivity index (χ4n) is 3.91. The smallest absolute Gasteiger partial charge is 0.264 e. The number of benzene rings is 3. The average molecular weight is 556 g/mol. The van der Waals surface area contributed by atoms with Crippen LogP contribution >= 0.6 is 0 Å². The fourth-order valence-corrected chi connectivity index (χ4v) is 5.33. The molecule has 0 aliphatic carbocycles. The number of sulfonamides is 1. The normalized spacial score (nSPS) is 11.9. The van der Waals surface area contributed by atoms with Crippen molar-refractivity contribution in [2.45, 2.75) is 44.7 Å². The number of para-hydroxylation sites is 1. The van der Waals surface area contributed by atoms with Crippen molar-refractivity contribution in [1.29, 1.82) is 0 Å². The van der Waals surface area contributed by atoms with Gasteiger partial charge in [-0.15, -0.1) is 0 Å². The van der Waals surface area contributed by atoms with Crippen LogP contribution in [0.4, 0.5) is 10.1 Å². The lowest BCUT2D eigenvalue weighted by Gasteiger charge is -2.32. The monoisotopic (exact) mass is 555 g/mol. The highest BCUT2D eigenvalue weighted by Crippen LogP contribution is 2.27. The number of rotatable bonds is 12. The van der Waals surface area contributed by atoms with Gasteiger partial charge < -0.3 is 15.0 Å². The quantitative estimate of drug-likeness (QED) is 0.360. The van der Waals surface area contributed by atoms with Gasteiger partial charge >= 0.3 is 0 Å². The van der Waals surface area contributed by atoms with Gasteiger partial charge in [0.15, 0.2) is 0 Å². The molecule has 0 bridgehead atoms. The summed E-state index contributed by atoms with van der Waals surface area (Å²) in [6.45, 7) is 5.05. The second-order valence-corrected chi connectivity index (χ2v) is 11.0. The molecule has 0 saturated carbocycles. The van der Waals surface area contributed by atoms with Crippen molar-refractivity contribution in [2.75, 3.05) is 24.5 Å². The number of methoxy groups -OCH3 is 1. The molecule has 0 fully saturated rings. The van der Waals surface area contributed by atoms with E-state index in [-0.39, 0.29) is 23.0 Å². The molecule has 10 heteroatoms. The SMILES string of the molecule is CCCNC(=O)[C@@H](C)N(Cc1ccc(OC)cc1)C(=O)CN(c1ccccc1F)S(=O)(=O)c1ccc(C)cc1. The summed E-state index contributed by atoms with van der Waals surface area (Å²) in [5.41, 5.74) is 1.29. The maximum Gasteiger partial charge on any atom is 0.264 e. The average Bonchev–Trinajstić information content (AvgIpc) is 2.93. The Balaban J connectivity index is 2.02. The third-order valence-corrected chi connectivity index (χ3v) is 8.01. The number of carbonyl (C=O) groups excluding carboxylic acids is 2. The standard InChI is InChI=1S/C29H34FN3O5S/c1-5-18-31-29(35)22(3)32(19-23-12-14-24(38-4)15-13-23)28(34)20-33(27-9-7-6-8-26(27)30)39(36,37)25-16-10-21(2)11-17-25/h6-17,22H,5,18-20H2,1-4H3,(H,31,35)/t22-/m1/s1. The number of ether oxygens (including phenoxy) is 1. The topological polar surface area (TPSA) is 96.0 Å². The summed E-state index contributed by atoms with van der Waals surface area (Å²) in [5, 5.41) is 2.78. The van der Waals surface area contributed by atoms with Crippen LogP contribution in [0.1, 0.15) is 31.4 Å². The Morgan fingerprint density at radius 2 is 1.64 bits per heavy atom. The van der Waals surface area contributed by atoms with Crippen LogP contribution in [0.25, 0.3) is 0 Å². The van der Waals surface area contributed by atoms with E-state index < -0.39 is 34.3 Å². The van der Waals surface area contributed by atoms with Crippen LogP contribution in [0.5, 0.6) is 5.75 Å². The van der Waals surface area contributed by atoms with Gasteiger partial charge in [-0.05, 0) is 62.2 Å². The highest BCUT2D eigenvalue weighted by atomic mass is 32.2. The summed E-state index contributed by atoms with van der Waals surface area (Å²) < 4.78 is 48.3. The van der Waals surface area contributed by atoms with Crippen LogP contribution < -0.4 is 14.4 Å². The molecule has 208 valence electrons. The first-order valence-electron chi connectivity index (χ1n) is 12.6. The van der Waals surface area contributed by atoms with E-state index in [1.165, 1.54) is 42.3 Å². The lowest BCUT2D eigenvalue weighted by Crippen LogP contribution is -2.51. The van der Waals surface area contributed by atoms with Crippen LogP contribution in [-0.2, 0) is 26.2 Å². The predicted octanol–water partition coefficient (Wildman–Crippen LogP) is 4.28. The van der Waals surface area contributed by atoms with E-state index in [1.54, 1.807) is 43.3 Å². The number of nitrogens with zero attached hydrogens (tertiary/aromatic N) is 2. The summed E-state index contributed by atoms with van der Waals surface area (Å²) >= 11 is 0. The summed E-state index contributed by atoms with van der Waals surface area (Å²) in [6.07, 6.45) is 0.709. The lowest BCUT2D eigenvalue weighted by molar-refractivity contribution is -0.139. The van der Waals surface area contributed by atoms with Crippen LogP contribution in [0.15, 0.2) is 77.7 Å². The van der Waals surface area contributed by atoms with Gasteiger partial charge in [0.1, 0.15) is 24.2 Å². The first-order valence-corrected chi connectivity index (χ1v) is 14.1. The number of halogens is 1. The van der Waals surface area contributed by atoms with Gasteiger partial charge in [-0.1, -0.05) is 48.9 Å². The van der Waals surface area contributed by atoms with Gasteiger partial charge in [-0.3, -0.25) is 13.9 Å². The second-order valence-electron chi connectivity index (χ2n) is 9.11. The number of aryl methyl sites for hydroxylation is 1. The molecule has 8 nitrogen and oxygen atoms in total. The number of hydrogen-bond donors (Lipinski definition) is 1. The van der Waals surface area contributed by atoms with Crippen molar-refractivity contribution in [3.63, 3.8) is 0 Å². The largest absolute Gasteiger partial charge is 0.497 e. The first-order chi connectivity index (χ1) is 18.6. The Morgan fingerprint density at radius 3 is 2.23 bits per heavy atom. The van der Waals surface area contributed by atoms with Crippen molar-refractivity contribution < 1.29 is 27.1 Å². The Hall–Kier alpha value is -3.92. The van der Waals surface area contributed by atoms with E-state index in [1.807, 2.05) is 13.8 Å². The van der Waals surface area contributed by atoms with Gasteiger partial charge in [0.05, 0.1) is 17.7 Å². The zero-order valence-electron chi connectivity index (χ0n) is 22.6. The van der Waals surface area contributed by atoms with E-state index >= 15 is 0 Å². The minimum Gasteiger partial charge on any atom is -0.497 e. The molecule has 0 aliphatic rings. The third kappa shape index (κ3) is 7.35. The molecule has 39 heavy (non-hydrogen) atoms. The van der Waals surface area contributed by atoms with E-state index in [0.717, 1.165) is 15.9 Å². The van der Waals surface area contributed by atoms with Crippen molar-refractivity contribution >= 4 is 27.5 Å². The molecule has 1 atom stereocenters. The Bertz CT molecular complexity index is 1380. The molecule has 0 radical (unpaired) electrons. The molecule has 3 rings (SSSR count). The Labute approximate surface area is 229 Å². The second kappa shape index (κ2) is 13.2. The summed E-state index contributed by atoms with van der Waals surface area (Å²) in [7, 11) is -2.80. The van der Waals surface area contributed by atoms with Gasteiger partial charge in [-0.2, -0.15) is 0 Å². The molecule has 3 aromatic rings. The highest BCUT2D eigenvalue weighted by molar-refractivity contribution is 7.92. The number of nitrogens with one attached hydrogen (secondary N) is 1. The number of amides is 2. The van der Waals surface area contributed by atoms with Gasteiger partial charge in [0.25, 0.3) is 10.0 Å². The minimum absolute atomic E-state index is 0.0270. The van der Waals surface area contributed by atoms with E-state index in [9.17, 15) is 22.4 Å². The first kappa shape index (κ1) is 29.6. The molecule has 0 aromatic heterocycles. The number of anilines is 1. The van der Waals surface area contributed by atoms with Gasteiger partial charge in [-0.25, -0.2) is 12.8 Å².